The Labute approximate surface area is 127 Å². The van der Waals surface area contributed by atoms with Gasteiger partial charge in [-0.25, -0.2) is 4.98 Å². The summed E-state index contributed by atoms with van der Waals surface area (Å²) < 4.78 is 12.0. The van der Waals surface area contributed by atoms with Gasteiger partial charge < -0.3 is 0 Å². The van der Waals surface area contributed by atoms with Crippen molar-refractivity contribution in [3.8, 4) is 20.5 Å². The molecule has 1 aromatic carbocycles. The zero-order valence-electron chi connectivity index (χ0n) is 10.9. The van der Waals surface area contributed by atoms with E-state index in [4.69, 9.17) is 0 Å². The third-order valence-corrected chi connectivity index (χ3v) is 6.27. The van der Waals surface area contributed by atoms with Crippen LogP contribution in [-0.4, -0.2) is 25.6 Å². The van der Waals surface area contributed by atoms with Gasteiger partial charge in [0.15, 0.2) is 5.01 Å². The summed E-state index contributed by atoms with van der Waals surface area (Å²) in [5, 5.41) is 9.83. The first-order valence-corrected chi connectivity index (χ1v) is 9.04. The Bertz CT molecular complexity index is 764. The molecule has 0 amide bonds. The lowest BCUT2D eigenvalue weighted by molar-refractivity contribution is 0.685. The maximum Gasteiger partial charge on any atom is 0.204 e. The van der Waals surface area contributed by atoms with Gasteiger partial charge in [-0.1, -0.05) is 41.7 Å². The molecular formula is C13H11N3OS3. The summed E-state index contributed by atoms with van der Waals surface area (Å²) in [7, 11) is -1.09. The topological polar surface area (TPSA) is 55.7 Å². The lowest BCUT2D eigenvalue weighted by atomic mass is 10.2. The Balaban J connectivity index is 2.02. The molecule has 4 nitrogen and oxygen atoms in total. The number of rotatable bonds is 3. The fourth-order valence-electron chi connectivity index (χ4n) is 1.72. The van der Waals surface area contributed by atoms with Crippen molar-refractivity contribution < 1.29 is 4.21 Å². The van der Waals surface area contributed by atoms with Crippen LogP contribution in [0.15, 0.2) is 34.7 Å². The number of benzene rings is 1. The molecule has 2 heterocycles. The molecule has 0 fully saturated rings. The van der Waals surface area contributed by atoms with Gasteiger partial charge in [0.25, 0.3) is 0 Å². The summed E-state index contributed by atoms with van der Waals surface area (Å²) >= 11 is 2.95. The van der Waals surface area contributed by atoms with Crippen LogP contribution in [0.1, 0.15) is 5.69 Å². The van der Waals surface area contributed by atoms with E-state index in [0.717, 1.165) is 26.1 Å². The smallest absolute Gasteiger partial charge is 0.204 e. The predicted molar refractivity (Wildman–Crippen MR) is 83.5 cm³/mol. The number of aromatic nitrogens is 3. The molecule has 0 radical (unpaired) electrons. The van der Waals surface area contributed by atoms with Crippen molar-refractivity contribution in [1.82, 2.24) is 15.2 Å². The van der Waals surface area contributed by atoms with Crippen molar-refractivity contribution in [2.24, 2.45) is 0 Å². The normalized spacial score (nSPS) is 12.5. The molecule has 3 rings (SSSR count). The van der Waals surface area contributed by atoms with Gasteiger partial charge in [-0.3, -0.25) is 4.21 Å². The van der Waals surface area contributed by atoms with Crippen molar-refractivity contribution in [2.75, 3.05) is 6.26 Å². The van der Waals surface area contributed by atoms with Crippen LogP contribution in [0.3, 0.4) is 0 Å². The predicted octanol–water partition coefficient (Wildman–Crippen LogP) is 3.37. The van der Waals surface area contributed by atoms with E-state index in [1.54, 1.807) is 17.6 Å². The minimum atomic E-state index is -1.09. The monoisotopic (exact) mass is 321 g/mol. The molecule has 102 valence electrons. The van der Waals surface area contributed by atoms with Crippen LogP contribution in [-0.2, 0) is 10.8 Å². The molecule has 20 heavy (non-hydrogen) atoms. The van der Waals surface area contributed by atoms with E-state index in [2.05, 4.69) is 15.2 Å². The first-order chi connectivity index (χ1) is 9.65. The van der Waals surface area contributed by atoms with E-state index in [9.17, 15) is 4.21 Å². The largest absolute Gasteiger partial charge is 0.252 e. The molecule has 3 aromatic rings. The lowest BCUT2D eigenvalue weighted by Gasteiger charge is -1.92. The quantitative estimate of drug-likeness (QED) is 0.742. The second-order valence-electron chi connectivity index (χ2n) is 4.13. The molecule has 7 heteroatoms. The van der Waals surface area contributed by atoms with Gasteiger partial charge in [0.05, 0.1) is 21.4 Å². The summed E-state index contributed by atoms with van der Waals surface area (Å²) in [4.78, 5) is 5.59. The van der Waals surface area contributed by atoms with E-state index in [0.29, 0.717) is 4.34 Å². The molecule has 0 saturated carbocycles. The second kappa shape index (κ2) is 5.51. The first-order valence-electron chi connectivity index (χ1n) is 5.85. The third-order valence-electron chi connectivity index (χ3n) is 2.66. The molecule has 0 aliphatic heterocycles. The third kappa shape index (κ3) is 2.56. The Morgan fingerprint density at radius 2 is 1.80 bits per heavy atom. The summed E-state index contributed by atoms with van der Waals surface area (Å²) in [6.07, 6.45) is 1.61. The van der Waals surface area contributed by atoms with Crippen LogP contribution in [0, 0.1) is 6.92 Å². The summed E-state index contributed by atoms with van der Waals surface area (Å²) in [6.45, 7) is 1.96. The fraction of sp³-hybridized carbons (Fsp3) is 0.154. The molecule has 2 aromatic heterocycles. The minimum Gasteiger partial charge on any atom is -0.252 e. The first kappa shape index (κ1) is 13.5. The maximum atomic E-state index is 11.4. The Hall–Kier alpha value is -1.44. The van der Waals surface area contributed by atoms with Gasteiger partial charge in [0.2, 0.25) is 4.34 Å². The number of hydrogen-bond donors (Lipinski definition) is 0. The molecular weight excluding hydrogens is 310 g/mol. The van der Waals surface area contributed by atoms with Crippen molar-refractivity contribution in [3.63, 3.8) is 0 Å². The zero-order valence-corrected chi connectivity index (χ0v) is 13.3. The second-order valence-corrected chi connectivity index (χ2v) is 7.66. The van der Waals surface area contributed by atoms with Gasteiger partial charge in [-0.2, -0.15) is 0 Å². The van der Waals surface area contributed by atoms with Crippen molar-refractivity contribution in [3.05, 3.63) is 36.0 Å². The highest BCUT2D eigenvalue weighted by atomic mass is 32.2. The van der Waals surface area contributed by atoms with Gasteiger partial charge in [0.1, 0.15) is 5.01 Å². The zero-order chi connectivity index (χ0) is 14.1. The van der Waals surface area contributed by atoms with Gasteiger partial charge in [-0.05, 0) is 6.92 Å². The molecule has 0 aliphatic rings. The summed E-state index contributed by atoms with van der Waals surface area (Å²) in [5.74, 6) is 0. The molecule has 0 aliphatic carbocycles. The number of aryl methyl sites for hydroxylation is 1. The van der Waals surface area contributed by atoms with Crippen LogP contribution in [0.4, 0.5) is 0 Å². The van der Waals surface area contributed by atoms with Crippen molar-refractivity contribution >= 4 is 33.5 Å². The van der Waals surface area contributed by atoms with Crippen molar-refractivity contribution in [2.45, 2.75) is 11.3 Å². The van der Waals surface area contributed by atoms with E-state index < -0.39 is 10.8 Å². The minimum absolute atomic E-state index is 0.550. The highest BCUT2D eigenvalue weighted by Crippen LogP contribution is 2.36. The maximum absolute atomic E-state index is 11.4. The average molecular weight is 321 g/mol. The molecule has 0 N–H and O–H groups in total. The van der Waals surface area contributed by atoms with Crippen LogP contribution >= 0.6 is 22.7 Å². The number of nitrogens with zero attached hydrogens (tertiary/aromatic N) is 3. The number of hydrogen-bond acceptors (Lipinski definition) is 6. The highest BCUT2D eigenvalue weighted by Gasteiger charge is 2.16. The molecule has 1 atom stereocenters. The van der Waals surface area contributed by atoms with Crippen LogP contribution in [0.5, 0.6) is 0 Å². The van der Waals surface area contributed by atoms with Gasteiger partial charge in [-0.15, -0.1) is 21.5 Å². The lowest BCUT2D eigenvalue weighted by Crippen LogP contribution is -1.84. The average Bonchev–Trinajstić information content (AvgIpc) is 3.06. The van der Waals surface area contributed by atoms with E-state index in [1.807, 2.05) is 37.3 Å². The van der Waals surface area contributed by atoms with Crippen LogP contribution in [0.2, 0.25) is 0 Å². The van der Waals surface area contributed by atoms with E-state index in [-0.39, 0.29) is 0 Å². The SMILES string of the molecule is Cc1nc(-c2ccccc2)sc1-c1nnc(S(C)=O)s1. The highest BCUT2D eigenvalue weighted by molar-refractivity contribution is 7.86. The molecule has 0 bridgehead atoms. The summed E-state index contributed by atoms with van der Waals surface area (Å²) in [5.41, 5.74) is 2.02. The molecule has 1 unspecified atom stereocenters. The Morgan fingerprint density at radius 1 is 1.05 bits per heavy atom. The van der Waals surface area contributed by atoms with Gasteiger partial charge >= 0.3 is 0 Å². The molecule has 0 saturated heterocycles. The van der Waals surface area contributed by atoms with Crippen LogP contribution in [0.25, 0.3) is 20.5 Å². The van der Waals surface area contributed by atoms with Crippen LogP contribution < -0.4 is 0 Å². The standard InChI is InChI=1S/C13H11N3OS3/c1-8-10(12-15-16-13(19-12)20(2)17)18-11(14-8)9-6-4-3-5-7-9/h3-7H,1-2H3. The fourth-order valence-corrected chi connectivity index (χ4v) is 4.35. The van der Waals surface area contributed by atoms with E-state index >= 15 is 0 Å². The molecule has 0 spiro atoms. The van der Waals surface area contributed by atoms with Crippen molar-refractivity contribution in [1.29, 1.82) is 0 Å². The van der Waals surface area contributed by atoms with Gasteiger partial charge in [0, 0.05) is 11.8 Å². The van der Waals surface area contributed by atoms with E-state index in [1.165, 1.54) is 11.3 Å². The number of thiazole rings is 1. The Morgan fingerprint density at radius 3 is 2.45 bits per heavy atom. The Kier molecular flexibility index (Phi) is 3.73. The summed E-state index contributed by atoms with van der Waals surface area (Å²) in [6, 6.07) is 10.0.